The van der Waals surface area contributed by atoms with Gasteiger partial charge in [-0.3, -0.25) is 0 Å². The van der Waals surface area contributed by atoms with Crippen molar-refractivity contribution in [2.45, 2.75) is 32.4 Å². The summed E-state index contributed by atoms with van der Waals surface area (Å²) in [7, 11) is 3.87. The van der Waals surface area contributed by atoms with Crippen LogP contribution in [0.25, 0.3) is 0 Å². The molecule has 0 saturated heterocycles. The van der Waals surface area contributed by atoms with E-state index in [1.54, 1.807) is 6.20 Å². The van der Waals surface area contributed by atoms with E-state index in [2.05, 4.69) is 22.2 Å². The summed E-state index contributed by atoms with van der Waals surface area (Å²) >= 11 is 0. The third-order valence-electron chi connectivity index (χ3n) is 3.01. The number of aromatic nitrogens is 1. The third-order valence-corrected chi connectivity index (χ3v) is 3.01. The molecular formula is C15H24N4O. The Morgan fingerprint density at radius 2 is 2.30 bits per heavy atom. The van der Waals surface area contributed by atoms with Crippen molar-refractivity contribution in [2.75, 3.05) is 19.0 Å². The maximum absolute atomic E-state index is 11.9. The molecule has 20 heavy (non-hydrogen) atoms. The molecule has 5 nitrogen and oxygen atoms in total. The smallest absolute Gasteiger partial charge is 0.315 e. The lowest BCUT2D eigenvalue weighted by atomic mass is 10.1. The molecule has 1 aromatic heterocycles. The van der Waals surface area contributed by atoms with Gasteiger partial charge in [-0.1, -0.05) is 19.1 Å². The molecule has 2 amide bonds. The van der Waals surface area contributed by atoms with E-state index in [4.69, 9.17) is 0 Å². The quantitative estimate of drug-likeness (QED) is 0.751. The van der Waals surface area contributed by atoms with E-state index in [1.807, 2.05) is 44.1 Å². The highest BCUT2D eigenvalue weighted by Gasteiger charge is 2.10. The van der Waals surface area contributed by atoms with Crippen molar-refractivity contribution < 1.29 is 4.79 Å². The molecule has 5 heteroatoms. The van der Waals surface area contributed by atoms with E-state index in [9.17, 15) is 4.79 Å². The second-order valence-electron chi connectivity index (χ2n) is 4.84. The van der Waals surface area contributed by atoms with Crippen LogP contribution >= 0.6 is 0 Å². The predicted molar refractivity (Wildman–Crippen MR) is 82.8 cm³/mol. The summed E-state index contributed by atoms with van der Waals surface area (Å²) in [6, 6.07) is 3.81. The van der Waals surface area contributed by atoms with Crippen LogP contribution in [0.4, 0.5) is 10.6 Å². The molecule has 0 unspecified atom stereocenters. The number of hydrogen-bond donors (Lipinski definition) is 2. The van der Waals surface area contributed by atoms with Crippen LogP contribution in [-0.4, -0.2) is 31.2 Å². The highest BCUT2D eigenvalue weighted by molar-refractivity contribution is 5.74. The van der Waals surface area contributed by atoms with Gasteiger partial charge in [0.15, 0.2) is 0 Å². The standard InChI is InChI=1S/C15H24N4O/c1-5-8-13(6-2)18-15(20)17-11-12-9-7-10-16-14(12)19(3)4/h5,7,9-10,13H,1,6,8,11H2,2-4H3,(H2,17,18,20)/t13-/m0/s1. The molecule has 0 aliphatic rings. The van der Waals surface area contributed by atoms with Gasteiger partial charge in [-0.05, 0) is 18.9 Å². The predicted octanol–water partition coefficient (Wildman–Crippen LogP) is 2.30. The average Bonchev–Trinajstić information content (AvgIpc) is 2.44. The molecule has 0 bridgehead atoms. The number of hydrogen-bond acceptors (Lipinski definition) is 3. The van der Waals surface area contributed by atoms with Gasteiger partial charge in [-0.25, -0.2) is 9.78 Å². The molecule has 0 aliphatic heterocycles. The molecule has 0 aliphatic carbocycles. The van der Waals surface area contributed by atoms with E-state index >= 15 is 0 Å². The summed E-state index contributed by atoms with van der Waals surface area (Å²) in [5.41, 5.74) is 0.990. The maximum Gasteiger partial charge on any atom is 0.315 e. The van der Waals surface area contributed by atoms with Gasteiger partial charge in [-0.15, -0.1) is 6.58 Å². The topological polar surface area (TPSA) is 57.3 Å². The van der Waals surface area contributed by atoms with Crippen molar-refractivity contribution in [3.8, 4) is 0 Å². The Morgan fingerprint density at radius 1 is 1.55 bits per heavy atom. The third kappa shape index (κ3) is 4.91. The van der Waals surface area contributed by atoms with Gasteiger partial charge < -0.3 is 15.5 Å². The van der Waals surface area contributed by atoms with Crippen LogP contribution in [0.2, 0.25) is 0 Å². The largest absolute Gasteiger partial charge is 0.362 e. The molecule has 0 fully saturated rings. The van der Waals surface area contributed by atoms with Gasteiger partial charge >= 0.3 is 6.03 Å². The Morgan fingerprint density at radius 3 is 2.90 bits per heavy atom. The number of anilines is 1. The molecule has 0 spiro atoms. The fourth-order valence-corrected chi connectivity index (χ4v) is 1.91. The van der Waals surface area contributed by atoms with Crippen molar-refractivity contribution in [3.05, 3.63) is 36.5 Å². The van der Waals surface area contributed by atoms with Gasteiger partial charge in [0.05, 0.1) is 0 Å². The van der Waals surface area contributed by atoms with Crippen molar-refractivity contribution in [1.29, 1.82) is 0 Å². The minimum atomic E-state index is -0.160. The molecular weight excluding hydrogens is 252 g/mol. The summed E-state index contributed by atoms with van der Waals surface area (Å²) in [4.78, 5) is 18.1. The van der Waals surface area contributed by atoms with Crippen LogP contribution in [0.5, 0.6) is 0 Å². The van der Waals surface area contributed by atoms with E-state index in [-0.39, 0.29) is 12.1 Å². The first kappa shape index (κ1) is 16.0. The number of amides is 2. The second-order valence-corrected chi connectivity index (χ2v) is 4.84. The fourth-order valence-electron chi connectivity index (χ4n) is 1.91. The van der Waals surface area contributed by atoms with Gasteiger partial charge in [0.2, 0.25) is 0 Å². The Balaban J connectivity index is 2.54. The first-order valence-corrected chi connectivity index (χ1v) is 6.85. The Bertz CT molecular complexity index is 445. The number of pyridine rings is 1. The molecule has 0 saturated carbocycles. The van der Waals surface area contributed by atoms with Crippen LogP contribution in [-0.2, 0) is 6.54 Å². The minimum Gasteiger partial charge on any atom is -0.362 e. The zero-order valence-corrected chi connectivity index (χ0v) is 12.5. The zero-order valence-electron chi connectivity index (χ0n) is 12.5. The Hall–Kier alpha value is -2.04. The fraction of sp³-hybridized carbons (Fsp3) is 0.467. The summed E-state index contributed by atoms with van der Waals surface area (Å²) in [5.74, 6) is 0.867. The number of urea groups is 1. The monoisotopic (exact) mass is 276 g/mol. The molecule has 1 heterocycles. The van der Waals surface area contributed by atoms with Crippen molar-refractivity contribution in [1.82, 2.24) is 15.6 Å². The Kier molecular flexibility index (Phi) is 6.56. The molecule has 1 rings (SSSR count). The van der Waals surface area contributed by atoms with Crippen LogP contribution in [0.3, 0.4) is 0 Å². The normalized spacial score (nSPS) is 11.6. The van der Waals surface area contributed by atoms with Crippen LogP contribution in [0.15, 0.2) is 31.0 Å². The summed E-state index contributed by atoms with van der Waals surface area (Å²) in [6.07, 6.45) is 5.23. The first-order valence-electron chi connectivity index (χ1n) is 6.85. The van der Waals surface area contributed by atoms with Gasteiger partial charge in [0, 0.05) is 38.4 Å². The lowest BCUT2D eigenvalue weighted by Gasteiger charge is -2.18. The van der Waals surface area contributed by atoms with Gasteiger partial charge in [0.1, 0.15) is 5.82 Å². The van der Waals surface area contributed by atoms with E-state index in [1.165, 1.54) is 0 Å². The van der Waals surface area contributed by atoms with Crippen LogP contribution < -0.4 is 15.5 Å². The number of rotatable bonds is 7. The number of nitrogens with zero attached hydrogens (tertiary/aromatic N) is 2. The molecule has 2 N–H and O–H groups in total. The Labute approximate surface area is 121 Å². The molecule has 0 radical (unpaired) electrons. The van der Waals surface area contributed by atoms with Crippen LogP contribution in [0, 0.1) is 0 Å². The van der Waals surface area contributed by atoms with Crippen molar-refractivity contribution >= 4 is 11.8 Å². The molecule has 0 aromatic carbocycles. The number of carbonyl (C=O) groups is 1. The first-order chi connectivity index (χ1) is 9.58. The van der Waals surface area contributed by atoms with E-state index in [0.717, 1.165) is 24.2 Å². The lowest BCUT2D eigenvalue weighted by Crippen LogP contribution is -2.41. The summed E-state index contributed by atoms with van der Waals surface area (Å²) in [5, 5.41) is 5.80. The second kappa shape index (κ2) is 8.19. The van der Waals surface area contributed by atoms with Gasteiger partial charge in [0.25, 0.3) is 0 Å². The molecule has 1 atom stereocenters. The highest BCUT2D eigenvalue weighted by Crippen LogP contribution is 2.13. The average molecular weight is 276 g/mol. The maximum atomic E-state index is 11.9. The van der Waals surface area contributed by atoms with E-state index < -0.39 is 0 Å². The SMILES string of the molecule is C=CC[C@H](CC)NC(=O)NCc1cccnc1N(C)C. The number of nitrogens with one attached hydrogen (secondary N) is 2. The van der Waals surface area contributed by atoms with Crippen LogP contribution in [0.1, 0.15) is 25.3 Å². The minimum absolute atomic E-state index is 0.134. The highest BCUT2D eigenvalue weighted by atomic mass is 16.2. The molecule has 1 aromatic rings. The zero-order chi connectivity index (χ0) is 15.0. The summed E-state index contributed by atoms with van der Waals surface area (Å²) in [6.45, 7) is 6.19. The summed E-state index contributed by atoms with van der Waals surface area (Å²) < 4.78 is 0. The number of carbonyl (C=O) groups excluding carboxylic acids is 1. The van der Waals surface area contributed by atoms with E-state index in [0.29, 0.717) is 6.54 Å². The molecule has 110 valence electrons. The van der Waals surface area contributed by atoms with Crippen molar-refractivity contribution in [3.63, 3.8) is 0 Å². The van der Waals surface area contributed by atoms with Gasteiger partial charge in [-0.2, -0.15) is 0 Å². The lowest BCUT2D eigenvalue weighted by molar-refractivity contribution is 0.236. The van der Waals surface area contributed by atoms with Crippen molar-refractivity contribution in [2.24, 2.45) is 0 Å².